The molecule has 1 aliphatic heterocycles. The molecule has 0 aliphatic carbocycles. The zero-order valence-electron chi connectivity index (χ0n) is 18.0. The maximum absolute atomic E-state index is 12.6. The van der Waals surface area contributed by atoms with E-state index in [2.05, 4.69) is 19.2 Å². The number of halogens is 4. The summed E-state index contributed by atoms with van der Waals surface area (Å²) >= 11 is 6.04. The average Bonchev–Trinajstić information content (AvgIpc) is 2.77. The van der Waals surface area contributed by atoms with E-state index in [9.17, 15) is 18.0 Å². The number of alkyl halides is 4. The van der Waals surface area contributed by atoms with Gasteiger partial charge in [0.15, 0.2) is 0 Å². The van der Waals surface area contributed by atoms with E-state index in [0.717, 1.165) is 30.9 Å². The minimum atomic E-state index is -4.41. The fourth-order valence-corrected chi connectivity index (χ4v) is 3.23. The molecule has 0 spiro atoms. The number of hydrogen-bond donors (Lipinski definition) is 2. The predicted octanol–water partition coefficient (Wildman–Crippen LogP) is 5.71. The predicted molar refractivity (Wildman–Crippen MR) is 122 cm³/mol. The molecule has 2 unspecified atom stereocenters. The summed E-state index contributed by atoms with van der Waals surface area (Å²) in [5, 5.41) is 2.94. The molecule has 8 heteroatoms. The standard InChI is InChI=1S/C17H15F3N2O.C7H13ClO/c18-17(19,20)14-3-1-2-12(10-14)6-9-16(23)22-15-7-4-13(11-21)5-8-15;1-5-3-9-4-6(2)7(5)8/h1-10H,11,21H2,(H,22,23);5-7H,3-4H2,1-2H3. The molecule has 174 valence electrons. The van der Waals surface area contributed by atoms with Gasteiger partial charge in [0.05, 0.1) is 18.8 Å². The van der Waals surface area contributed by atoms with E-state index in [1.54, 1.807) is 24.3 Å². The number of carbonyl (C=O) groups is 1. The van der Waals surface area contributed by atoms with Crippen molar-refractivity contribution in [3.05, 3.63) is 71.3 Å². The fourth-order valence-electron chi connectivity index (χ4n) is 3.08. The zero-order valence-corrected chi connectivity index (χ0v) is 18.8. The van der Waals surface area contributed by atoms with E-state index in [1.807, 2.05) is 0 Å². The SMILES string of the molecule is CC1COCC(C)C1Cl.NCc1ccc(NC(=O)C=Cc2cccc(C(F)(F)F)c2)cc1. The van der Waals surface area contributed by atoms with Crippen LogP contribution < -0.4 is 11.1 Å². The van der Waals surface area contributed by atoms with E-state index in [4.69, 9.17) is 22.1 Å². The molecule has 0 saturated carbocycles. The summed E-state index contributed by atoms with van der Waals surface area (Å²) in [6.07, 6.45) is -1.89. The molecule has 3 rings (SSSR count). The highest BCUT2D eigenvalue weighted by Crippen LogP contribution is 2.29. The minimum Gasteiger partial charge on any atom is -0.381 e. The molecule has 1 aliphatic rings. The fraction of sp³-hybridized carbons (Fsp3) is 0.375. The Morgan fingerprint density at radius 1 is 1.16 bits per heavy atom. The van der Waals surface area contributed by atoms with Crippen LogP contribution in [0, 0.1) is 11.8 Å². The Balaban J connectivity index is 0.000000336. The van der Waals surface area contributed by atoms with Gasteiger partial charge in [-0.1, -0.05) is 38.1 Å². The highest BCUT2D eigenvalue weighted by atomic mass is 35.5. The van der Waals surface area contributed by atoms with Crippen molar-refractivity contribution in [2.45, 2.75) is 31.9 Å². The molecule has 0 radical (unpaired) electrons. The van der Waals surface area contributed by atoms with Crippen LogP contribution in [0.1, 0.15) is 30.5 Å². The first-order valence-electron chi connectivity index (χ1n) is 10.3. The van der Waals surface area contributed by atoms with Gasteiger partial charge in [0.25, 0.3) is 0 Å². The molecule has 2 atom stereocenters. The maximum Gasteiger partial charge on any atom is 0.416 e. The van der Waals surface area contributed by atoms with Gasteiger partial charge in [-0.2, -0.15) is 13.2 Å². The Morgan fingerprint density at radius 3 is 2.31 bits per heavy atom. The van der Waals surface area contributed by atoms with Crippen LogP contribution >= 0.6 is 11.6 Å². The first kappa shape index (κ1) is 25.9. The summed E-state index contributed by atoms with van der Waals surface area (Å²) in [5.41, 5.74) is 6.54. The third-order valence-corrected chi connectivity index (χ3v) is 5.81. The average molecular weight is 469 g/mol. The lowest BCUT2D eigenvalue weighted by Crippen LogP contribution is -2.33. The van der Waals surface area contributed by atoms with Crippen molar-refractivity contribution in [1.82, 2.24) is 0 Å². The summed E-state index contributed by atoms with van der Waals surface area (Å²) in [5.74, 6) is 0.619. The van der Waals surface area contributed by atoms with Gasteiger partial charge in [0.2, 0.25) is 5.91 Å². The largest absolute Gasteiger partial charge is 0.416 e. The first-order chi connectivity index (χ1) is 15.1. The highest BCUT2D eigenvalue weighted by Gasteiger charge is 2.30. The Hall–Kier alpha value is -2.35. The van der Waals surface area contributed by atoms with E-state index in [0.29, 0.717) is 35.0 Å². The Morgan fingerprint density at radius 2 is 1.78 bits per heavy atom. The molecule has 1 heterocycles. The summed E-state index contributed by atoms with van der Waals surface area (Å²) in [4.78, 5) is 11.8. The molecule has 0 aromatic heterocycles. The van der Waals surface area contributed by atoms with E-state index in [-0.39, 0.29) is 0 Å². The van der Waals surface area contributed by atoms with Crippen LogP contribution in [0.5, 0.6) is 0 Å². The number of nitrogens with two attached hydrogens (primary N) is 1. The van der Waals surface area contributed by atoms with Gasteiger partial charge in [-0.3, -0.25) is 4.79 Å². The van der Waals surface area contributed by atoms with Crippen molar-refractivity contribution >= 4 is 29.3 Å². The van der Waals surface area contributed by atoms with Crippen molar-refractivity contribution in [3.8, 4) is 0 Å². The minimum absolute atomic E-state index is 0.299. The highest BCUT2D eigenvalue weighted by molar-refractivity contribution is 6.21. The van der Waals surface area contributed by atoms with Crippen LogP contribution in [0.3, 0.4) is 0 Å². The Labute approximate surface area is 191 Å². The molecule has 1 fully saturated rings. The van der Waals surface area contributed by atoms with Gasteiger partial charge in [-0.25, -0.2) is 0 Å². The second kappa shape index (κ2) is 12.0. The van der Waals surface area contributed by atoms with Gasteiger partial charge in [0.1, 0.15) is 0 Å². The van der Waals surface area contributed by atoms with Crippen LogP contribution in [0.15, 0.2) is 54.6 Å². The number of rotatable bonds is 4. The lowest BCUT2D eigenvalue weighted by atomic mass is 9.96. The number of ether oxygens (including phenoxy) is 1. The summed E-state index contributed by atoms with van der Waals surface area (Å²) in [6, 6.07) is 11.7. The summed E-state index contributed by atoms with van der Waals surface area (Å²) in [7, 11) is 0. The smallest absolute Gasteiger partial charge is 0.381 e. The molecule has 2 aromatic carbocycles. The number of carbonyl (C=O) groups excluding carboxylic acids is 1. The molecular formula is C24H28ClF3N2O2. The third kappa shape index (κ3) is 8.30. The number of benzene rings is 2. The summed E-state index contributed by atoms with van der Waals surface area (Å²) < 4.78 is 43.1. The molecular weight excluding hydrogens is 441 g/mol. The van der Waals surface area contributed by atoms with Crippen LogP contribution in [0.4, 0.5) is 18.9 Å². The number of anilines is 1. The molecule has 0 bridgehead atoms. The molecule has 3 N–H and O–H groups in total. The van der Waals surface area contributed by atoms with E-state index < -0.39 is 17.6 Å². The van der Waals surface area contributed by atoms with Gasteiger partial charge >= 0.3 is 6.18 Å². The summed E-state index contributed by atoms with van der Waals surface area (Å²) in [6.45, 7) is 6.33. The first-order valence-corrected chi connectivity index (χ1v) is 10.7. The third-order valence-electron chi connectivity index (χ3n) is 4.95. The second-order valence-electron chi connectivity index (χ2n) is 7.78. The Bertz CT molecular complexity index is 891. The molecule has 2 aromatic rings. The van der Waals surface area contributed by atoms with E-state index in [1.165, 1.54) is 24.3 Å². The van der Waals surface area contributed by atoms with Crippen molar-refractivity contribution < 1.29 is 22.7 Å². The molecule has 4 nitrogen and oxygen atoms in total. The van der Waals surface area contributed by atoms with Gasteiger partial charge in [-0.15, -0.1) is 11.6 Å². The number of amides is 1. The second-order valence-corrected chi connectivity index (χ2v) is 8.29. The van der Waals surface area contributed by atoms with Gasteiger partial charge in [-0.05, 0) is 53.3 Å². The van der Waals surface area contributed by atoms with E-state index >= 15 is 0 Å². The van der Waals surface area contributed by atoms with Gasteiger partial charge in [0, 0.05) is 23.7 Å². The lowest BCUT2D eigenvalue weighted by molar-refractivity contribution is -0.137. The normalized spacial score (nSPS) is 21.0. The quantitative estimate of drug-likeness (QED) is 0.446. The van der Waals surface area contributed by atoms with Crippen LogP contribution in [-0.4, -0.2) is 24.5 Å². The number of hydrogen-bond acceptors (Lipinski definition) is 3. The van der Waals surface area contributed by atoms with Crippen LogP contribution in [-0.2, 0) is 22.3 Å². The monoisotopic (exact) mass is 468 g/mol. The van der Waals surface area contributed by atoms with Crippen LogP contribution in [0.2, 0.25) is 0 Å². The van der Waals surface area contributed by atoms with Crippen molar-refractivity contribution in [2.75, 3.05) is 18.5 Å². The molecule has 1 amide bonds. The number of nitrogens with one attached hydrogen (secondary N) is 1. The molecule has 32 heavy (non-hydrogen) atoms. The van der Waals surface area contributed by atoms with Gasteiger partial charge < -0.3 is 15.8 Å². The van der Waals surface area contributed by atoms with Crippen LogP contribution in [0.25, 0.3) is 6.08 Å². The van der Waals surface area contributed by atoms with Crippen molar-refractivity contribution in [1.29, 1.82) is 0 Å². The lowest BCUT2D eigenvalue weighted by Gasteiger charge is -2.29. The van der Waals surface area contributed by atoms with Crippen molar-refractivity contribution in [2.24, 2.45) is 17.6 Å². The Kier molecular flexibility index (Phi) is 9.75. The maximum atomic E-state index is 12.6. The molecule has 1 saturated heterocycles. The van der Waals surface area contributed by atoms with Crippen molar-refractivity contribution in [3.63, 3.8) is 0 Å². The zero-order chi connectivity index (χ0) is 23.7. The topological polar surface area (TPSA) is 64.3 Å².